The van der Waals surface area contributed by atoms with Crippen molar-refractivity contribution in [3.63, 3.8) is 0 Å². The zero-order chi connectivity index (χ0) is 20.9. The maximum Gasteiger partial charge on any atom is 0.261 e. The molecule has 0 saturated heterocycles. The van der Waals surface area contributed by atoms with Crippen molar-refractivity contribution in [1.29, 1.82) is 0 Å². The van der Waals surface area contributed by atoms with Crippen LogP contribution in [0, 0.1) is 6.92 Å². The van der Waals surface area contributed by atoms with Gasteiger partial charge in [0.1, 0.15) is 5.75 Å². The van der Waals surface area contributed by atoms with Crippen LogP contribution in [-0.2, 0) is 10.0 Å². The van der Waals surface area contributed by atoms with Gasteiger partial charge in [-0.25, -0.2) is 8.42 Å². The number of carbonyl (C=O) groups is 1. The van der Waals surface area contributed by atoms with Crippen molar-refractivity contribution in [2.45, 2.75) is 18.7 Å². The van der Waals surface area contributed by atoms with E-state index in [-0.39, 0.29) is 10.8 Å². The molecule has 0 spiro atoms. The molecule has 0 aliphatic carbocycles. The van der Waals surface area contributed by atoms with Gasteiger partial charge in [0.15, 0.2) is 0 Å². The third-order valence-electron chi connectivity index (χ3n) is 4.24. The highest BCUT2D eigenvalue weighted by atomic mass is 32.2. The predicted molar refractivity (Wildman–Crippen MR) is 114 cm³/mol. The Morgan fingerprint density at radius 2 is 1.59 bits per heavy atom. The van der Waals surface area contributed by atoms with E-state index in [1.807, 2.05) is 26.0 Å². The lowest BCUT2D eigenvalue weighted by Crippen LogP contribution is -2.15. The second kappa shape index (κ2) is 8.79. The summed E-state index contributed by atoms with van der Waals surface area (Å²) >= 11 is 0. The minimum absolute atomic E-state index is 0.0818. The molecule has 3 aromatic rings. The van der Waals surface area contributed by atoms with E-state index in [1.54, 1.807) is 36.4 Å². The zero-order valence-corrected chi connectivity index (χ0v) is 17.0. The number of ether oxygens (including phenoxy) is 1. The van der Waals surface area contributed by atoms with Crippen molar-refractivity contribution < 1.29 is 17.9 Å². The number of para-hydroxylation sites is 1. The molecule has 0 fully saturated rings. The van der Waals surface area contributed by atoms with Crippen LogP contribution in [0.25, 0.3) is 0 Å². The van der Waals surface area contributed by atoms with Crippen molar-refractivity contribution in [3.05, 3.63) is 83.9 Å². The largest absolute Gasteiger partial charge is 0.494 e. The summed E-state index contributed by atoms with van der Waals surface area (Å²) in [7, 11) is -3.74. The summed E-state index contributed by atoms with van der Waals surface area (Å²) in [5, 5.41) is 2.77. The second-order valence-corrected chi connectivity index (χ2v) is 8.04. The summed E-state index contributed by atoms with van der Waals surface area (Å²) in [6, 6.07) is 19.9. The lowest BCUT2D eigenvalue weighted by Gasteiger charge is -2.11. The normalized spacial score (nSPS) is 11.0. The molecular formula is C22H22N2O4S. The molecule has 0 aliphatic rings. The summed E-state index contributed by atoms with van der Waals surface area (Å²) < 4.78 is 33.1. The van der Waals surface area contributed by atoms with Gasteiger partial charge in [-0.1, -0.05) is 18.2 Å². The molecule has 6 nitrogen and oxygen atoms in total. The number of sulfonamides is 1. The molecule has 1 amide bonds. The summed E-state index contributed by atoms with van der Waals surface area (Å²) in [5.41, 5.74) is 2.32. The topological polar surface area (TPSA) is 84.5 Å². The quantitative estimate of drug-likeness (QED) is 0.603. The van der Waals surface area contributed by atoms with Crippen LogP contribution in [0.3, 0.4) is 0 Å². The predicted octanol–water partition coefficient (Wildman–Crippen LogP) is 4.45. The van der Waals surface area contributed by atoms with Crippen LogP contribution in [0.2, 0.25) is 0 Å². The zero-order valence-electron chi connectivity index (χ0n) is 16.2. The van der Waals surface area contributed by atoms with Crippen molar-refractivity contribution in [2.24, 2.45) is 0 Å². The highest BCUT2D eigenvalue weighted by Gasteiger charge is 2.16. The van der Waals surface area contributed by atoms with Gasteiger partial charge >= 0.3 is 0 Å². The van der Waals surface area contributed by atoms with E-state index in [0.717, 1.165) is 11.3 Å². The van der Waals surface area contributed by atoms with Gasteiger partial charge in [-0.15, -0.1) is 0 Å². The molecule has 29 heavy (non-hydrogen) atoms. The van der Waals surface area contributed by atoms with Gasteiger partial charge in [0.25, 0.3) is 15.9 Å². The first-order valence-corrected chi connectivity index (χ1v) is 10.6. The lowest BCUT2D eigenvalue weighted by atomic mass is 10.2. The SMILES string of the molecule is CCOc1ccc(NC(=O)c2ccc(S(=O)(=O)Nc3ccccc3C)cc2)cc1. The molecule has 0 radical (unpaired) electrons. The number of rotatable bonds is 7. The first kappa shape index (κ1) is 20.4. The molecule has 150 valence electrons. The Labute approximate surface area is 170 Å². The Hall–Kier alpha value is -3.32. The number of hydrogen-bond donors (Lipinski definition) is 2. The van der Waals surface area contributed by atoms with Crippen LogP contribution in [0.5, 0.6) is 5.75 Å². The fourth-order valence-electron chi connectivity index (χ4n) is 2.68. The Bertz CT molecular complexity index is 1090. The van der Waals surface area contributed by atoms with Gasteiger partial charge in [0, 0.05) is 11.3 Å². The van der Waals surface area contributed by atoms with E-state index in [2.05, 4.69) is 10.0 Å². The van der Waals surface area contributed by atoms with E-state index in [9.17, 15) is 13.2 Å². The second-order valence-electron chi connectivity index (χ2n) is 6.36. The number of hydrogen-bond acceptors (Lipinski definition) is 4. The number of anilines is 2. The fraction of sp³-hybridized carbons (Fsp3) is 0.136. The third kappa shape index (κ3) is 5.14. The summed E-state index contributed by atoms with van der Waals surface area (Å²) in [4.78, 5) is 12.5. The minimum Gasteiger partial charge on any atom is -0.494 e. The molecule has 2 N–H and O–H groups in total. The van der Waals surface area contributed by atoms with E-state index < -0.39 is 10.0 Å². The molecule has 7 heteroatoms. The Kier molecular flexibility index (Phi) is 6.19. The summed E-state index contributed by atoms with van der Waals surface area (Å²) in [6.07, 6.45) is 0. The van der Waals surface area contributed by atoms with Crippen LogP contribution in [0.4, 0.5) is 11.4 Å². The van der Waals surface area contributed by atoms with Crippen molar-refractivity contribution in [2.75, 3.05) is 16.6 Å². The van der Waals surface area contributed by atoms with Gasteiger partial charge in [-0.2, -0.15) is 0 Å². The average Bonchev–Trinajstić information content (AvgIpc) is 2.71. The van der Waals surface area contributed by atoms with Gasteiger partial charge in [0.05, 0.1) is 17.2 Å². The van der Waals surface area contributed by atoms with Gasteiger partial charge in [-0.05, 0) is 74.0 Å². The monoisotopic (exact) mass is 410 g/mol. The van der Waals surface area contributed by atoms with Crippen LogP contribution in [0.1, 0.15) is 22.8 Å². The maximum atomic E-state index is 12.6. The standard InChI is InChI=1S/C22H22N2O4S/c1-3-28-19-12-10-18(11-13-19)23-22(25)17-8-14-20(15-9-17)29(26,27)24-21-7-5-4-6-16(21)2/h4-15,24H,3H2,1-2H3,(H,23,25). The van der Waals surface area contributed by atoms with Crippen molar-refractivity contribution in [3.8, 4) is 5.75 Å². The van der Waals surface area contributed by atoms with Crippen LogP contribution in [-0.4, -0.2) is 20.9 Å². The molecule has 0 heterocycles. The van der Waals surface area contributed by atoms with Crippen LogP contribution in [0.15, 0.2) is 77.7 Å². The molecule has 0 aliphatic heterocycles. The van der Waals surface area contributed by atoms with Gasteiger partial charge in [-0.3, -0.25) is 9.52 Å². The van der Waals surface area contributed by atoms with Gasteiger partial charge in [0.2, 0.25) is 0 Å². The molecule has 0 unspecified atom stereocenters. The minimum atomic E-state index is -3.74. The van der Waals surface area contributed by atoms with E-state index >= 15 is 0 Å². The van der Waals surface area contributed by atoms with Crippen LogP contribution < -0.4 is 14.8 Å². The Morgan fingerprint density at radius 3 is 2.21 bits per heavy atom. The van der Waals surface area contributed by atoms with Gasteiger partial charge < -0.3 is 10.1 Å². The highest BCUT2D eigenvalue weighted by Crippen LogP contribution is 2.20. The summed E-state index contributed by atoms with van der Waals surface area (Å²) in [6.45, 7) is 4.29. The fourth-order valence-corrected chi connectivity index (χ4v) is 3.81. The van der Waals surface area contributed by atoms with E-state index in [1.165, 1.54) is 24.3 Å². The molecule has 3 aromatic carbocycles. The number of nitrogens with one attached hydrogen (secondary N) is 2. The molecular weight excluding hydrogens is 388 g/mol. The smallest absolute Gasteiger partial charge is 0.261 e. The first-order chi connectivity index (χ1) is 13.9. The van der Waals surface area contributed by atoms with E-state index in [4.69, 9.17) is 4.74 Å². The van der Waals surface area contributed by atoms with Crippen molar-refractivity contribution in [1.82, 2.24) is 0 Å². The molecule has 0 aromatic heterocycles. The number of benzene rings is 3. The average molecular weight is 410 g/mol. The number of carbonyl (C=O) groups excluding carboxylic acids is 1. The van der Waals surface area contributed by atoms with Crippen LogP contribution >= 0.6 is 0 Å². The summed E-state index contributed by atoms with van der Waals surface area (Å²) in [5.74, 6) is 0.395. The lowest BCUT2D eigenvalue weighted by molar-refractivity contribution is 0.102. The molecule has 0 bridgehead atoms. The molecule has 0 atom stereocenters. The highest BCUT2D eigenvalue weighted by molar-refractivity contribution is 7.92. The third-order valence-corrected chi connectivity index (χ3v) is 5.62. The maximum absolute atomic E-state index is 12.6. The number of aryl methyl sites for hydroxylation is 1. The van der Waals surface area contributed by atoms with Crippen molar-refractivity contribution >= 4 is 27.3 Å². The first-order valence-electron chi connectivity index (χ1n) is 9.12. The Balaban J connectivity index is 1.70. The number of amides is 1. The van der Waals surface area contributed by atoms with E-state index in [0.29, 0.717) is 23.5 Å². The Morgan fingerprint density at radius 1 is 0.931 bits per heavy atom. The molecule has 3 rings (SSSR count). The molecule has 0 saturated carbocycles.